The summed E-state index contributed by atoms with van der Waals surface area (Å²) in [5, 5.41) is 3.05. The summed E-state index contributed by atoms with van der Waals surface area (Å²) in [5.74, 6) is 0.775. The summed E-state index contributed by atoms with van der Waals surface area (Å²) in [4.78, 5) is 14.6. The van der Waals surface area contributed by atoms with Gasteiger partial charge in [-0.1, -0.05) is 29.3 Å². The lowest BCUT2D eigenvalue weighted by molar-refractivity contribution is 0.0941. The van der Waals surface area contributed by atoms with Gasteiger partial charge in [0.05, 0.1) is 13.2 Å². The monoisotopic (exact) mass is 326 g/mol. The molecule has 24 heavy (non-hydrogen) atoms. The third kappa shape index (κ3) is 4.59. The molecule has 128 valence electrons. The maximum Gasteiger partial charge on any atom is 0.251 e. The Bertz CT molecular complexity index is 690. The average Bonchev–Trinajstić information content (AvgIpc) is 2.53. The molecule has 1 amide bonds. The topological polar surface area (TPSA) is 41.6 Å². The molecule has 0 aliphatic rings. The lowest BCUT2D eigenvalue weighted by Crippen LogP contribution is -2.34. The highest BCUT2D eigenvalue weighted by atomic mass is 16.5. The fourth-order valence-corrected chi connectivity index (χ4v) is 2.84. The number of benzene rings is 2. The second kappa shape index (κ2) is 7.97. The predicted molar refractivity (Wildman–Crippen MR) is 97.7 cm³/mol. The molecule has 4 heteroatoms. The van der Waals surface area contributed by atoms with Crippen molar-refractivity contribution < 1.29 is 9.53 Å². The summed E-state index contributed by atoms with van der Waals surface area (Å²) >= 11 is 0. The zero-order valence-electron chi connectivity index (χ0n) is 15.1. The molecule has 2 rings (SSSR count). The highest BCUT2D eigenvalue weighted by molar-refractivity contribution is 5.94. The summed E-state index contributed by atoms with van der Waals surface area (Å²) in [6.07, 6.45) is 0. The van der Waals surface area contributed by atoms with Gasteiger partial charge >= 0.3 is 0 Å². The van der Waals surface area contributed by atoms with E-state index in [1.54, 1.807) is 7.11 Å². The van der Waals surface area contributed by atoms with E-state index in [2.05, 4.69) is 22.3 Å². The number of methoxy groups -OCH3 is 1. The molecular weight excluding hydrogens is 300 g/mol. The molecule has 1 N–H and O–H groups in total. The standard InChI is InChI=1S/C20H26N2O2/c1-14-9-15(2)11-17(10-14)20(23)21-13-19(22(3)4)16-7-6-8-18(12-16)24-5/h6-12,19H,13H2,1-5H3,(H,21,23). The number of carbonyl (C=O) groups is 1. The SMILES string of the molecule is COc1cccc(C(CNC(=O)c2cc(C)cc(C)c2)N(C)C)c1. The number of hydrogen-bond donors (Lipinski definition) is 1. The molecule has 1 atom stereocenters. The molecule has 2 aromatic carbocycles. The molecule has 0 bridgehead atoms. The number of amides is 1. The first-order valence-electron chi connectivity index (χ1n) is 8.07. The smallest absolute Gasteiger partial charge is 0.251 e. The minimum Gasteiger partial charge on any atom is -0.497 e. The number of rotatable bonds is 6. The third-order valence-corrected chi connectivity index (χ3v) is 4.04. The molecule has 1 unspecified atom stereocenters. The molecule has 0 aromatic heterocycles. The van der Waals surface area contributed by atoms with E-state index in [1.807, 2.05) is 58.3 Å². The van der Waals surface area contributed by atoms with Gasteiger partial charge in [-0.25, -0.2) is 0 Å². The normalized spacial score (nSPS) is 12.1. The third-order valence-electron chi connectivity index (χ3n) is 4.04. The van der Waals surface area contributed by atoms with Crippen LogP contribution in [0.1, 0.15) is 33.1 Å². The average molecular weight is 326 g/mol. The van der Waals surface area contributed by atoms with E-state index in [-0.39, 0.29) is 11.9 Å². The van der Waals surface area contributed by atoms with Crippen LogP contribution in [0.25, 0.3) is 0 Å². The van der Waals surface area contributed by atoms with Crippen LogP contribution in [0.4, 0.5) is 0 Å². The Hall–Kier alpha value is -2.33. The van der Waals surface area contributed by atoms with Gasteiger partial charge in [0.1, 0.15) is 5.75 Å². The van der Waals surface area contributed by atoms with Crippen molar-refractivity contribution in [3.8, 4) is 5.75 Å². The van der Waals surface area contributed by atoms with E-state index in [0.29, 0.717) is 12.1 Å². The van der Waals surface area contributed by atoms with Gasteiger partial charge in [-0.3, -0.25) is 4.79 Å². The quantitative estimate of drug-likeness (QED) is 0.885. The summed E-state index contributed by atoms with van der Waals surface area (Å²) < 4.78 is 5.30. The van der Waals surface area contributed by atoms with E-state index >= 15 is 0 Å². The van der Waals surface area contributed by atoms with E-state index in [4.69, 9.17) is 4.74 Å². The fraction of sp³-hybridized carbons (Fsp3) is 0.350. The van der Waals surface area contributed by atoms with Crippen molar-refractivity contribution in [3.63, 3.8) is 0 Å². The Kier molecular flexibility index (Phi) is 5.99. The number of aryl methyl sites for hydroxylation is 2. The minimum absolute atomic E-state index is 0.0449. The van der Waals surface area contributed by atoms with Crippen molar-refractivity contribution >= 4 is 5.91 Å². The van der Waals surface area contributed by atoms with Crippen LogP contribution >= 0.6 is 0 Å². The molecule has 2 aromatic rings. The van der Waals surface area contributed by atoms with Gasteiger partial charge in [-0.15, -0.1) is 0 Å². The van der Waals surface area contributed by atoms with E-state index < -0.39 is 0 Å². The first-order chi connectivity index (χ1) is 11.4. The first kappa shape index (κ1) is 18.0. The van der Waals surface area contributed by atoms with Crippen LogP contribution in [0.3, 0.4) is 0 Å². The Morgan fingerprint density at radius 3 is 2.38 bits per heavy atom. The summed E-state index contributed by atoms with van der Waals surface area (Å²) in [7, 11) is 5.67. The molecule has 4 nitrogen and oxygen atoms in total. The molecule has 0 spiro atoms. The molecule has 0 saturated carbocycles. The van der Waals surface area contributed by atoms with E-state index in [0.717, 1.165) is 22.4 Å². The lowest BCUT2D eigenvalue weighted by atomic mass is 10.0. The number of nitrogens with zero attached hydrogens (tertiary/aromatic N) is 1. The zero-order chi connectivity index (χ0) is 17.7. The van der Waals surface area contributed by atoms with Crippen molar-refractivity contribution in [3.05, 3.63) is 64.7 Å². The van der Waals surface area contributed by atoms with Crippen molar-refractivity contribution in [1.82, 2.24) is 10.2 Å². The van der Waals surface area contributed by atoms with Gasteiger partial charge in [0.15, 0.2) is 0 Å². The number of ether oxygens (including phenoxy) is 1. The van der Waals surface area contributed by atoms with Crippen LogP contribution < -0.4 is 10.1 Å². The van der Waals surface area contributed by atoms with Gasteiger partial charge in [-0.2, -0.15) is 0 Å². The van der Waals surface area contributed by atoms with Crippen LogP contribution in [0.2, 0.25) is 0 Å². The second-order valence-corrected chi connectivity index (χ2v) is 6.34. The second-order valence-electron chi connectivity index (χ2n) is 6.34. The lowest BCUT2D eigenvalue weighted by Gasteiger charge is -2.25. The molecule has 0 radical (unpaired) electrons. The molecule has 0 heterocycles. The Morgan fingerprint density at radius 1 is 1.12 bits per heavy atom. The fourth-order valence-electron chi connectivity index (χ4n) is 2.84. The van der Waals surface area contributed by atoms with Crippen LogP contribution in [0.5, 0.6) is 5.75 Å². The van der Waals surface area contributed by atoms with Crippen LogP contribution in [0.15, 0.2) is 42.5 Å². The molecule has 0 fully saturated rings. The minimum atomic E-state index is -0.0449. The predicted octanol–water partition coefficient (Wildman–Crippen LogP) is 3.34. The van der Waals surface area contributed by atoms with Gasteiger partial charge < -0.3 is 15.0 Å². The molecule has 0 aliphatic carbocycles. The Labute approximate surface area is 144 Å². The van der Waals surface area contributed by atoms with E-state index in [9.17, 15) is 4.79 Å². The van der Waals surface area contributed by atoms with Crippen LogP contribution in [0, 0.1) is 13.8 Å². The maximum absolute atomic E-state index is 12.5. The number of likely N-dealkylation sites (N-methyl/N-ethyl adjacent to an activating group) is 1. The van der Waals surface area contributed by atoms with Gasteiger partial charge in [0.2, 0.25) is 0 Å². The van der Waals surface area contributed by atoms with E-state index in [1.165, 1.54) is 0 Å². The summed E-state index contributed by atoms with van der Waals surface area (Å²) in [6.45, 7) is 4.54. The highest BCUT2D eigenvalue weighted by Crippen LogP contribution is 2.22. The van der Waals surface area contributed by atoms with Crippen molar-refractivity contribution in [1.29, 1.82) is 0 Å². The van der Waals surface area contributed by atoms with Crippen LogP contribution in [-0.4, -0.2) is 38.6 Å². The maximum atomic E-state index is 12.5. The molecule has 0 aliphatic heterocycles. The Balaban J connectivity index is 2.12. The highest BCUT2D eigenvalue weighted by Gasteiger charge is 2.16. The largest absolute Gasteiger partial charge is 0.497 e. The summed E-state index contributed by atoms with van der Waals surface area (Å²) in [5.41, 5.74) is 4.00. The van der Waals surface area contributed by atoms with Gasteiger partial charge in [0, 0.05) is 12.1 Å². The van der Waals surface area contributed by atoms with Gasteiger partial charge in [0.25, 0.3) is 5.91 Å². The number of hydrogen-bond acceptors (Lipinski definition) is 3. The number of carbonyl (C=O) groups excluding carboxylic acids is 1. The van der Waals surface area contributed by atoms with Gasteiger partial charge in [-0.05, 0) is 57.8 Å². The van der Waals surface area contributed by atoms with Crippen molar-refractivity contribution in [2.45, 2.75) is 19.9 Å². The van der Waals surface area contributed by atoms with Crippen molar-refractivity contribution in [2.24, 2.45) is 0 Å². The first-order valence-corrected chi connectivity index (χ1v) is 8.07. The number of nitrogens with one attached hydrogen (secondary N) is 1. The zero-order valence-corrected chi connectivity index (χ0v) is 15.1. The molecular formula is C20H26N2O2. The Morgan fingerprint density at radius 2 is 1.79 bits per heavy atom. The van der Waals surface area contributed by atoms with Crippen molar-refractivity contribution in [2.75, 3.05) is 27.7 Å². The van der Waals surface area contributed by atoms with Crippen LogP contribution in [-0.2, 0) is 0 Å². The summed E-state index contributed by atoms with van der Waals surface area (Å²) in [6, 6.07) is 13.9. The molecule has 0 saturated heterocycles.